The van der Waals surface area contributed by atoms with Crippen LogP contribution in [0.5, 0.6) is 0 Å². The molecule has 0 aliphatic carbocycles. The van der Waals surface area contributed by atoms with Crippen LogP contribution in [0.2, 0.25) is 0 Å². The molecule has 4 N–H and O–H groups in total. The lowest BCUT2D eigenvalue weighted by Gasteiger charge is -2.16. The minimum atomic E-state index is -0.155. The van der Waals surface area contributed by atoms with Crippen LogP contribution < -0.4 is 26.7 Å². The fourth-order valence-corrected chi connectivity index (χ4v) is 3.57. The maximum Gasteiger partial charge on any atom is 0.321 e. The molecule has 4 amide bonds. The normalized spacial score (nSPS) is 12.7. The van der Waals surface area contributed by atoms with Crippen molar-refractivity contribution < 1.29 is 14.4 Å². The Hall–Kier alpha value is -3.83. The summed E-state index contributed by atoms with van der Waals surface area (Å²) < 4.78 is 0. The predicted octanol–water partition coefficient (Wildman–Crippen LogP) is 1.43. The molecule has 1 fully saturated rings. The second kappa shape index (κ2) is 13.3. The quantitative estimate of drug-likeness (QED) is 0.276. The summed E-state index contributed by atoms with van der Waals surface area (Å²) in [4.78, 5) is 47.7. The van der Waals surface area contributed by atoms with Gasteiger partial charge in [0.1, 0.15) is 13.7 Å². The Morgan fingerprint density at radius 2 is 1.83 bits per heavy atom. The molecule has 1 aromatic carbocycles. The highest BCUT2D eigenvalue weighted by atomic mass is 16.2. The van der Waals surface area contributed by atoms with Crippen molar-refractivity contribution in [2.24, 2.45) is 0 Å². The highest BCUT2D eigenvalue weighted by Gasteiger charge is 2.17. The maximum absolute atomic E-state index is 12.3. The third-order valence-corrected chi connectivity index (χ3v) is 5.61. The van der Waals surface area contributed by atoms with Gasteiger partial charge in [-0.3, -0.25) is 9.59 Å². The Labute approximate surface area is 212 Å². The van der Waals surface area contributed by atoms with Crippen LogP contribution in [0.3, 0.4) is 0 Å². The van der Waals surface area contributed by atoms with E-state index < -0.39 is 0 Å². The van der Waals surface area contributed by atoms with Gasteiger partial charge in [-0.25, -0.2) is 9.78 Å². The first-order valence-corrected chi connectivity index (χ1v) is 12.1. The van der Waals surface area contributed by atoms with Crippen molar-refractivity contribution in [2.45, 2.75) is 32.1 Å². The Bertz CT molecular complexity index is 1060. The predicted molar refractivity (Wildman–Crippen MR) is 141 cm³/mol. The van der Waals surface area contributed by atoms with Crippen LogP contribution in [0.1, 0.15) is 32.1 Å². The first-order valence-electron chi connectivity index (χ1n) is 12.1. The topological polar surface area (TPSA) is 132 Å². The van der Waals surface area contributed by atoms with E-state index in [0.29, 0.717) is 42.4 Å². The van der Waals surface area contributed by atoms with Crippen molar-refractivity contribution in [3.8, 4) is 0 Å². The zero-order valence-electron chi connectivity index (χ0n) is 20.8. The summed E-state index contributed by atoms with van der Waals surface area (Å²) in [5.74, 6) is 0.605. The zero-order valence-corrected chi connectivity index (χ0v) is 20.8. The number of likely N-dealkylation sites (tertiary alicyclic amines) is 1. The van der Waals surface area contributed by atoms with Crippen molar-refractivity contribution in [1.29, 1.82) is 0 Å². The SMILES string of the molecule is [B]c1cnc(Nc2cccc(NC(=O)N3CCCC3)c2)nc1NCCCNC(=O)CCC(=O)N(C)C. The number of amides is 4. The van der Waals surface area contributed by atoms with Gasteiger partial charge in [-0.1, -0.05) is 6.07 Å². The number of carbonyl (C=O) groups excluding carboxylic acids is 3. The van der Waals surface area contributed by atoms with Gasteiger partial charge in [0.15, 0.2) is 0 Å². The second-order valence-electron chi connectivity index (χ2n) is 8.75. The molecule has 1 saturated heterocycles. The summed E-state index contributed by atoms with van der Waals surface area (Å²) in [5, 5.41) is 12.0. The molecule has 2 heterocycles. The van der Waals surface area contributed by atoms with Crippen LogP contribution in [0.15, 0.2) is 30.5 Å². The molecule has 3 rings (SSSR count). The van der Waals surface area contributed by atoms with Crippen LogP contribution >= 0.6 is 0 Å². The first-order chi connectivity index (χ1) is 17.3. The van der Waals surface area contributed by atoms with E-state index in [1.807, 2.05) is 24.3 Å². The molecular formula is C24H33BN8O3. The van der Waals surface area contributed by atoms with Gasteiger partial charge < -0.3 is 31.1 Å². The number of benzene rings is 1. The van der Waals surface area contributed by atoms with Crippen LogP contribution in [0.4, 0.5) is 27.9 Å². The monoisotopic (exact) mass is 492 g/mol. The number of urea groups is 1. The van der Waals surface area contributed by atoms with Crippen molar-refractivity contribution in [3.63, 3.8) is 0 Å². The average molecular weight is 492 g/mol. The summed E-state index contributed by atoms with van der Waals surface area (Å²) in [7, 11) is 9.33. The smallest absolute Gasteiger partial charge is 0.321 e. The van der Waals surface area contributed by atoms with Gasteiger partial charge in [-0.2, -0.15) is 4.98 Å². The molecule has 0 spiro atoms. The molecule has 2 radical (unpaired) electrons. The van der Waals surface area contributed by atoms with Gasteiger partial charge >= 0.3 is 6.03 Å². The van der Waals surface area contributed by atoms with E-state index in [2.05, 4.69) is 31.2 Å². The number of hydrogen-bond acceptors (Lipinski definition) is 7. The van der Waals surface area contributed by atoms with Crippen molar-refractivity contribution in [2.75, 3.05) is 56.2 Å². The minimum Gasteiger partial charge on any atom is -0.370 e. The number of carbonyl (C=O) groups is 3. The van der Waals surface area contributed by atoms with E-state index in [1.165, 1.54) is 11.1 Å². The summed E-state index contributed by atoms with van der Waals surface area (Å²) >= 11 is 0. The molecule has 0 saturated carbocycles. The largest absolute Gasteiger partial charge is 0.370 e. The first kappa shape index (κ1) is 26.8. The highest BCUT2D eigenvalue weighted by Crippen LogP contribution is 2.19. The highest BCUT2D eigenvalue weighted by molar-refractivity contribution is 6.35. The Morgan fingerprint density at radius 3 is 2.58 bits per heavy atom. The fraction of sp³-hybridized carbons (Fsp3) is 0.458. The van der Waals surface area contributed by atoms with Gasteiger partial charge in [-0.05, 0) is 42.9 Å². The van der Waals surface area contributed by atoms with Crippen LogP contribution in [0, 0.1) is 0 Å². The Balaban J connectivity index is 1.45. The standard InChI is InChI=1S/C24H33BN8O3/c1-32(2)21(35)10-9-20(34)26-11-6-12-27-22-19(25)16-28-23(31-22)29-17-7-5-8-18(15-17)30-24(36)33-13-3-4-14-33/h5,7-8,15-16H,3-4,6,9-14H2,1-2H3,(H,26,34)(H,30,36)(H2,27,28,29,31). The van der Waals surface area contributed by atoms with Crippen molar-refractivity contribution >= 4 is 54.3 Å². The molecule has 36 heavy (non-hydrogen) atoms. The van der Waals surface area contributed by atoms with Crippen LogP contribution in [0.25, 0.3) is 0 Å². The molecule has 1 aliphatic rings. The van der Waals surface area contributed by atoms with Crippen molar-refractivity contribution in [1.82, 2.24) is 25.1 Å². The molecule has 11 nitrogen and oxygen atoms in total. The molecule has 2 aromatic rings. The number of hydrogen-bond donors (Lipinski definition) is 4. The van der Waals surface area contributed by atoms with Gasteiger partial charge in [0.2, 0.25) is 17.8 Å². The van der Waals surface area contributed by atoms with Gasteiger partial charge in [-0.15, -0.1) is 0 Å². The lowest BCUT2D eigenvalue weighted by molar-refractivity contribution is -0.131. The number of nitrogens with zero attached hydrogens (tertiary/aromatic N) is 4. The second-order valence-corrected chi connectivity index (χ2v) is 8.75. The third-order valence-electron chi connectivity index (χ3n) is 5.61. The number of anilines is 4. The fourth-order valence-electron chi connectivity index (χ4n) is 3.57. The molecule has 1 aromatic heterocycles. The molecule has 0 bridgehead atoms. The van der Waals surface area contributed by atoms with Crippen molar-refractivity contribution in [3.05, 3.63) is 30.5 Å². The van der Waals surface area contributed by atoms with E-state index in [4.69, 9.17) is 7.85 Å². The van der Waals surface area contributed by atoms with Gasteiger partial charge in [0.05, 0.1) is 0 Å². The third kappa shape index (κ3) is 8.44. The minimum absolute atomic E-state index is 0.0750. The number of aromatic nitrogens is 2. The lowest BCUT2D eigenvalue weighted by atomic mass is 9.99. The molecule has 1 aliphatic heterocycles. The molecule has 0 unspecified atom stereocenters. The van der Waals surface area contributed by atoms with Crippen LogP contribution in [-0.2, 0) is 9.59 Å². The number of rotatable bonds is 11. The van der Waals surface area contributed by atoms with E-state index in [-0.39, 0.29) is 30.7 Å². The molecular weight excluding hydrogens is 459 g/mol. The molecule has 190 valence electrons. The Morgan fingerprint density at radius 1 is 1.08 bits per heavy atom. The van der Waals surface area contributed by atoms with Gasteiger partial charge in [0, 0.05) is 70.7 Å². The van der Waals surface area contributed by atoms with E-state index >= 15 is 0 Å². The Kier molecular flexibility index (Phi) is 9.90. The summed E-state index contributed by atoms with van der Waals surface area (Å²) in [6, 6.07) is 7.24. The summed E-state index contributed by atoms with van der Waals surface area (Å²) in [5.41, 5.74) is 1.80. The maximum atomic E-state index is 12.3. The van der Waals surface area contributed by atoms with Gasteiger partial charge in [0.25, 0.3) is 0 Å². The van der Waals surface area contributed by atoms with E-state index in [0.717, 1.165) is 31.6 Å². The summed E-state index contributed by atoms with van der Waals surface area (Å²) in [6.45, 7) is 2.57. The molecule has 12 heteroatoms. The average Bonchev–Trinajstić information content (AvgIpc) is 3.39. The molecule has 0 atom stereocenters. The van der Waals surface area contributed by atoms with E-state index in [1.54, 1.807) is 19.0 Å². The van der Waals surface area contributed by atoms with Crippen LogP contribution in [-0.4, -0.2) is 85.7 Å². The lowest BCUT2D eigenvalue weighted by Crippen LogP contribution is -2.32. The van der Waals surface area contributed by atoms with E-state index in [9.17, 15) is 14.4 Å². The number of nitrogens with one attached hydrogen (secondary N) is 4. The zero-order chi connectivity index (χ0) is 25.9. The summed E-state index contributed by atoms with van der Waals surface area (Å²) in [6.07, 6.45) is 4.60.